The number of nitrogens with zero attached hydrogens (tertiary/aromatic N) is 1. The van der Waals surface area contributed by atoms with E-state index in [4.69, 9.17) is 4.74 Å². The number of guanidine groups is 1. The monoisotopic (exact) mass is 473 g/mol. The predicted octanol–water partition coefficient (Wildman–Crippen LogP) is 3.46. The number of benzene rings is 2. The molecule has 0 spiro atoms. The van der Waals surface area contributed by atoms with Crippen LogP contribution in [-0.2, 0) is 13.0 Å². The Morgan fingerprint density at radius 2 is 1.96 bits per heavy atom. The van der Waals surface area contributed by atoms with E-state index in [0.29, 0.717) is 24.6 Å². The summed E-state index contributed by atoms with van der Waals surface area (Å²) < 4.78 is 18.7. The van der Waals surface area contributed by atoms with Crippen LogP contribution >= 0.6 is 24.0 Å². The lowest BCUT2D eigenvalue weighted by molar-refractivity contribution is 0.409. The van der Waals surface area contributed by atoms with Crippen LogP contribution in [0.3, 0.4) is 0 Å². The van der Waals surface area contributed by atoms with Crippen molar-refractivity contribution < 1.29 is 14.2 Å². The van der Waals surface area contributed by atoms with Gasteiger partial charge in [-0.2, -0.15) is 0 Å². The fourth-order valence-corrected chi connectivity index (χ4v) is 2.39. The number of hydrogen-bond acceptors (Lipinski definition) is 3. The molecule has 0 aromatic heterocycles. The standard InChI is InChI=1S/C19H24FN3O2.HI/c1-3-21-19(23-13-14-8-9-17(24)16(20)12-14)22-11-10-15-6-4-5-7-18(15)25-2;/h4-9,12,24H,3,10-11,13H2,1-2H3,(H2,21,22,23);1H. The van der Waals surface area contributed by atoms with Crippen LogP contribution in [0.15, 0.2) is 47.5 Å². The molecule has 26 heavy (non-hydrogen) atoms. The highest BCUT2D eigenvalue weighted by atomic mass is 127. The lowest BCUT2D eigenvalue weighted by Gasteiger charge is -2.13. The number of rotatable bonds is 7. The summed E-state index contributed by atoms with van der Waals surface area (Å²) in [5.74, 6) is 0.535. The number of aliphatic imine (C=N–C) groups is 1. The number of methoxy groups -OCH3 is 1. The van der Waals surface area contributed by atoms with Gasteiger partial charge in [-0.15, -0.1) is 24.0 Å². The van der Waals surface area contributed by atoms with Crippen molar-refractivity contribution in [2.45, 2.75) is 19.9 Å². The van der Waals surface area contributed by atoms with Gasteiger partial charge in [-0.25, -0.2) is 9.38 Å². The summed E-state index contributed by atoms with van der Waals surface area (Å²) in [5.41, 5.74) is 1.81. The Kier molecular flexibility index (Phi) is 9.79. The van der Waals surface area contributed by atoms with Crippen LogP contribution in [0.2, 0.25) is 0 Å². The fourth-order valence-electron chi connectivity index (χ4n) is 2.39. The van der Waals surface area contributed by atoms with E-state index in [0.717, 1.165) is 24.3 Å². The summed E-state index contributed by atoms with van der Waals surface area (Å²) in [7, 11) is 1.66. The number of phenolic OH excluding ortho intramolecular Hbond substituents is 1. The number of ether oxygens (including phenoxy) is 1. The molecule has 142 valence electrons. The Morgan fingerprint density at radius 3 is 2.65 bits per heavy atom. The number of nitrogens with one attached hydrogen (secondary N) is 2. The smallest absolute Gasteiger partial charge is 0.191 e. The van der Waals surface area contributed by atoms with Gasteiger partial charge >= 0.3 is 0 Å². The van der Waals surface area contributed by atoms with Crippen LogP contribution in [0.5, 0.6) is 11.5 Å². The second kappa shape index (κ2) is 11.6. The van der Waals surface area contributed by atoms with Crippen molar-refractivity contribution in [3.8, 4) is 11.5 Å². The quantitative estimate of drug-likeness (QED) is 0.328. The zero-order chi connectivity index (χ0) is 18.1. The fraction of sp³-hybridized carbons (Fsp3) is 0.316. The van der Waals surface area contributed by atoms with Crippen molar-refractivity contribution in [3.63, 3.8) is 0 Å². The minimum Gasteiger partial charge on any atom is -0.505 e. The molecule has 0 aliphatic heterocycles. The van der Waals surface area contributed by atoms with Crippen LogP contribution < -0.4 is 15.4 Å². The summed E-state index contributed by atoms with van der Waals surface area (Å²) >= 11 is 0. The van der Waals surface area contributed by atoms with Gasteiger partial charge in [0, 0.05) is 13.1 Å². The maximum Gasteiger partial charge on any atom is 0.191 e. The van der Waals surface area contributed by atoms with Crippen molar-refractivity contribution in [1.29, 1.82) is 0 Å². The third-order valence-corrected chi connectivity index (χ3v) is 3.66. The first-order chi connectivity index (χ1) is 12.1. The van der Waals surface area contributed by atoms with Gasteiger partial charge in [-0.3, -0.25) is 0 Å². The number of halogens is 2. The average Bonchev–Trinajstić information content (AvgIpc) is 2.63. The second-order valence-corrected chi connectivity index (χ2v) is 5.47. The highest BCUT2D eigenvalue weighted by Gasteiger charge is 2.04. The van der Waals surface area contributed by atoms with Crippen LogP contribution in [0.1, 0.15) is 18.1 Å². The first kappa shape index (κ1) is 22.0. The number of phenols is 1. The van der Waals surface area contributed by atoms with Crippen LogP contribution in [0.25, 0.3) is 0 Å². The average molecular weight is 473 g/mol. The molecule has 5 nitrogen and oxygen atoms in total. The Balaban J connectivity index is 0.00000338. The first-order valence-electron chi connectivity index (χ1n) is 8.25. The molecule has 2 aromatic rings. The summed E-state index contributed by atoms with van der Waals surface area (Å²) in [5, 5.41) is 15.6. The summed E-state index contributed by atoms with van der Waals surface area (Å²) in [6.45, 7) is 3.72. The van der Waals surface area contributed by atoms with Gasteiger partial charge in [0.15, 0.2) is 17.5 Å². The lowest BCUT2D eigenvalue weighted by atomic mass is 10.1. The van der Waals surface area contributed by atoms with Gasteiger partial charge in [0.2, 0.25) is 0 Å². The maximum absolute atomic E-state index is 13.4. The predicted molar refractivity (Wildman–Crippen MR) is 113 cm³/mol. The summed E-state index contributed by atoms with van der Waals surface area (Å²) in [4.78, 5) is 4.44. The van der Waals surface area contributed by atoms with Crippen molar-refractivity contribution in [1.82, 2.24) is 10.6 Å². The molecule has 0 bridgehead atoms. The topological polar surface area (TPSA) is 65.9 Å². The molecule has 0 radical (unpaired) electrons. The van der Waals surface area contributed by atoms with Crippen LogP contribution in [0.4, 0.5) is 4.39 Å². The summed E-state index contributed by atoms with van der Waals surface area (Å²) in [6, 6.07) is 12.2. The molecule has 0 saturated carbocycles. The summed E-state index contributed by atoms with van der Waals surface area (Å²) in [6.07, 6.45) is 0.794. The Morgan fingerprint density at radius 1 is 1.19 bits per heavy atom. The highest BCUT2D eigenvalue weighted by molar-refractivity contribution is 14.0. The molecule has 7 heteroatoms. The first-order valence-corrected chi connectivity index (χ1v) is 8.25. The van der Waals surface area contributed by atoms with E-state index in [1.54, 1.807) is 13.2 Å². The lowest BCUT2D eigenvalue weighted by Crippen LogP contribution is -2.38. The Bertz CT molecular complexity index is 726. The molecule has 2 rings (SSSR count). The third kappa shape index (κ3) is 6.70. The SMILES string of the molecule is CCNC(=NCc1ccc(O)c(F)c1)NCCc1ccccc1OC.I. The maximum atomic E-state index is 13.4. The normalized spacial score (nSPS) is 10.8. The molecule has 0 saturated heterocycles. The van der Waals surface area contributed by atoms with E-state index < -0.39 is 5.82 Å². The number of aromatic hydroxyl groups is 1. The van der Waals surface area contributed by atoms with Crippen LogP contribution in [-0.4, -0.2) is 31.3 Å². The van der Waals surface area contributed by atoms with Crippen LogP contribution in [0, 0.1) is 5.82 Å². The molecule has 0 atom stereocenters. The van der Waals surface area contributed by atoms with Gasteiger partial charge in [-0.05, 0) is 42.7 Å². The number of para-hydroxylation sites is 1. The van der Waals surface area contributed by atoms with Gasteiger partial charge in [0.1, 0.15) is 5.75 Å². The minimum absolute atomic E-state index is 0. The molecule has 0 aliphatic carbocycles. The molecule has 0 heterocycles. The minimum atomic E-state index is -0.637. The van der Waals surface area contributed by atoms with E-state index >= 15 is 0 Å². The largest absolute Gasteiger partial charge is 0.505 e. The Hall–Kier alpha value is -2.03. The van der Waals surface area contributed by atoms with E-state index in [1.807, 2.05) is 31.2 Å². The molecular formula is C19H25FIN3O2. The van der Waals surface area contributed by atoms with E-state index in [9.17, 15) is 9.50 Å². The molecule has 0 aliphatic rings. The molecular weight excluding hydrogens is 448 g/mol. The van der Waals surface area contributed by atoms with Gasteiger partial charge in [-0.1, -0.05) is 24.3 Å². The molecule has 0 fully saturated rings. The zero-order valence-electron chi connectivity index (χ0n) is 15.0. The molecule has 0 amide bonds. The van der Waals surface area contributed by atoms with Crippen molar-refractivity contribution in [2.24, 2.45) is 4.99 Å². The van der Waals surface area contributed by atoms with E-state index in [-0.39, 0.29) is 29.7 Å². The van der Waals surface area contributed by atoms with Gasteiger partial charge in [0.25, 0.3) is 0 Å². The van der Waals surface area contributed by atoms with E-state index in [2.05, 4.69) is 15.6 Å². The molecule has 0 unspecified atom stereocenters. The molecule has 2 aromatic carbocycles. The van der Waals surface area contributed by atoms with Crippen molar-refractivity contribution in [3.05, 3.63) is 59.4 Å². The second-order valence-electron chi connectivity index (χ2n) is 5.47. The van der Waals surface area contributed by atoms with Crippen molar-refractivity contribution in [2.75, 3.05) is 20.2 Å². The zero-order valence-corrected chi connectivity index (χ0v) is 17.3. The van der Waals surface area contributed by atoms with Gasteiger partial charge in [0.05, 0.1) is 13.7 Å². The number of hydrogen-bond donors (Lipinski definition) is 3. The molecule has 3 N–H and O–H groups in total. The third-order valence-electron chi connectivity index (χ3n) is 3.66. The highest BCUT2D eigenvalue weighted by Crippen LogP contribution is 2.17. The van der Waals surface area contributed by atoms with E-state index in [1.165, 1.54) is 12.1 Å². The van der Waals surface area contributed by atoms with Crippen molar-refractivity contribution >= 4 is 29.9 Å². The Labute approximate surface area is 170 Å². The van der Waals surface area contributed by atoms with Gasteiger partial charge < -0.3 is 20.5 Å².